The summed E-state index contributed by atoms with van der Waals surface area (Å²) in [5.74, 6) is 3.31. The maximum Gasteiger partial charge on any atom is 0.253 e. The zero-order valence-corrected chi connectivity index (χ0v) is 61.3. The van der Waals surface area contributed by atoms with Crippen LogP contribution >= 0.6 is 11.6 Å². The Morgan fingerprint density at radius 1 is 0.456 bits per heavy atom. The van der Waals surface area contributed by atoms with Crippen molar-refractivity contribution < 1.29 is 24.0 Å². The van der Waals surface area contributed by atoms with Crippen molar-refractivity contribution in [3.63, 3.8) is 0 Å². The van der Waals surface area contributed by atoms with Crippen molar-refractivity contribution in [1.82, 2.24) is 59.6 Å². The summed E-state index contributed by atoms with van der Waals surface area (Å²) in [6.07, 6.45) is 23.7. The molecule has 16 rings (SSSR count). The lowest BCUT2D eigenvalue weighted by Gasteiger charge is -2.32. The minimum atomic E-state index is 0.140. The van der Waals surface area contributed by atoms with Crippen LogP contribution in [0.2, 0.25) is 5.02 Å². The minimum absolute atomic E-state index is 0.140. The first-order valence-corrected chi connectivity index (χ1v) is 37.5. The number of amides is 5. The molecule has 5 aliphatic heterocycles. The Morgan fingerprint density at radius 3 is 1.25 bits per heavy atom. The van der Waals surface area contributed by atoms with Crippen molar-refractivity contribution in [2.24, 2.45) is 0 Å². The number of nitrogens with one attached hydrogen (secondary N) is 6. The number of H-pyrrole nitrogens is 5. The molecule has 5 amide bonds. The Morgan fingerprint density at radius 2 is 0.854 bits per heavy atom. The molecule has 538 valence electrons. The molecule has 4 saturated heterocycles. The number of halogens is 1. The fourth-order valence-electron chi connectivity index (χ4n) is 15.8. The van der Waals surface area contributed by atoms with E-state index in [9.17, 15) is 24.0 Å². The SMILES string of the molecule is CC(=O)N1CC=C(c2c[nH]c3cc(Cl)ccc23)CC1.CCCC(=O)N1CCC(c2c[nH]c3ccccc23)CC1.CN(C)CC(=O)N1CCC(c2c[nH]c3ccccc23)CC1.CNCC(=O)N1CCC(c2c[nH]c3ccccc23)CC1.O=C(c1ccccc1)N1CCC(c2c[nH]c3ccccc23)CC1. The van der Waals surface area contributed by atoms with Gasteiger partial charge < -0.3 is 59.6 Å². The predicted molar refractivity (Wildman–Crippen MR) is 419 cm³/mol. The number of aromatic nitrogens is 5. The van der Waals surface area contributed by atoms with E-state index >= 15 is 0 Å². The van der Waals surface area contributed by atoms with Crippen LogP contribution in [-0.2, 0) is 19.2 Å². The number of para-hydroxylation sites is 4. The molecule has 18 heteroatoms. The van der Waals surface area contributed by atoms with Gasteiger partial charge >= 0.3 is 0 Å². The van der Waals surface area contributed by atoms with Crippen molar-refractivity contribution in [2.45, 2.75) is 108 Å². The van der Waals surface area contributed by atoms with Crippen LogP contribution in [0, 0.1) is 0 Å². The second-order valence-electron chi connectivity index (χ2n) is 28.4. The van der Waals surface area contributed by atoms with Crippen LogP contribution in [0.15, 0.2) is 183 Å². The third-order valence-corrected chi connectivity index (χ3v) is 21.7. The molecule has 0 radical (unpaired) electrons. The van der Waals surface area contributed by atoms with E-state index in [1.54, 1.807) is 6.92 Å². The van der Waals surface area contributed by atoms with Crippen molar-refractivity contribution in [3.05, 3.63) is 221 Å². The highest BCUT2D eigenvalue weighted by atomic mass is 35.5. The molecule has 11 aromatic rings. The molecular weight excluding hydrogens is 1300 g/mol. The Bertz CT molecular complexity index is 4550. The topological polar surface area (TPSA) is 196 Å². The van der Waals surface area contributed by atoms with Crippen molar-refractivity contribution in [2.75, 3.05) is 99.7 Å². The summed E-state index contributed by atoms with van der Waals surface area (Å²) in [6, 6.07) is 49.3. The molecule has 17 nitrogen and oxygen atoms in total. The van der Waals surface area contributed by atoms with Crippen LogP contribution < -0.4 is 5.32 Å². The Kier molecular flexibility index (Phi) is 24.8. The summed E-state index contributed by atoms with van der Waals surface area (Å²) < 4.78 is 0. The van der Waals surface area contributed by atoms with Gasteiger partial charge in [-0.3, -0.25) is 24.0 Å². The highest BCUT2D eigenvalue weighted by Gasteiger charge is 2.30. The molecule has 0 aliphatic carbocycles. The number of aromatic amines is 5. The Hall–Kier alpha value is -9.68. The number of piperidine rings is 4. The summed E-state index contributed by atoms with van der Waals surface area (Å²) in [5, 5.41) is 10.2. The van der Waals surface area contributed by atoms with E-state index in [0.717, 1.165) is 139 Å². The Balaban J connectivity index is 0.000000122. The fourth-order valence-corrected chi connectivity index (χ4v) is 15.9. The monoisotopic (exact) mass is 1400 g/mol. The fraction of sp³-hybridized carbons (Fsp3) is 0.376. The number of likely N-dealkylation sites (N-methyl/N-ethyl adjacent to an activating group) is 2. The number of nitrogens with zero attached hydrogens (tertiary/aromatic N) is 6. The van der Waals surface area contributed by atoms with Gasteiger partial charge in [-0.25, -0.2) is 0 Å². The van der Waals surface area contributed by atoms with Crippen molar-refractivity contribution >= 4 is 101 Å². The normalized spacial score (nSPS) is 16.4. The number of fused-ring (bicyclic) bond motifs is 5. The van der Waals surface area contributed by atoms with Gasteiger partial charge in [0.1, 0.15) is 0 Å². The number of carbonyl (C=O) groups excluding carboxylic acids is 5. The number of rotatable bonds is 12. The van der Waals surface area contributed by atoms with Crippen LogP contribution in [0.3, 0.4) is 0 Å². The molecule has 0 spiro atoms. The van der Waals surface area contributed by atoms with Gasteiger partial charge in [0, 0.05) is 180 Å². The zero-order valence-electron chi connectivity index (χ0n) is 60.5. The van der Waals surface area contributed by atoms with Gasteiger partial charge in [0.2, 0.25) is 23.6 Å². The number of likely N-dealkylation sites (tertiary alicyclic amines) is 4. The van der Waals surface area contributed by atoms with Gasteiger partial charge in [0.25, 0.3) is 5.91 Å². The predicted octanol–water partition coefficient (Wildman–Crippen LogP) is 15.8. The molecule has 10 heterocycles. The molecular formula is C85H101ClN12O5. The summed E-state index contributed by atoms with van der Waals surface area (Å²) >= 11 is 5.99. The first kappa shape index (κ1) is 73.1. The second-order valence-corrected chi connectivity index (χ2v) is 28.8. The van der Waals surface area contributed by atoms with E-state index < -0.39 is 0 Å². The number of carbonyl (C=O) groups is 5. The number of hydrogen-bond donors (Lipinski definition) is 6. The smallest absolute Gasteiger partial charge is 0.253 e. The molecule has 6 N–H and O–H groups in total. The van der Waals surface area contributed by atoms with Gasteiger partial charge in [-0.2, -0.15) is 0 Å². The van der Waals surface area contributed by atoms with E-state index in [1.165, 1.54) is 82.4 Å². The molecule has 5 aliphatic rings. The summed E-state index contributed by atoms with van der Waals surface area (Å²) in [7, 11) is 5.70. The van der Waals surface area contributed by atoms with E-state index in [1.807, 2.05) is 105 Å². The van der Waals surface area contributed by atoms with Gasteiger partial charge in [-0.15, -0.1) is 0 Å². The first-order chi connectivity index (χ1) is 50.2. The molecule has 4 fully saturated rings. The summed E-state index contributed by atoms with van der Waals surface area (Å²) in [5.41, 5.74) is 14.8. The Labute approximate surface area is 610 Å². The average Bonchev–Trinajstić information content (AvgIpc) is 1.73. The van der Waals surface area contributed by atoms with Crippen LogP contribution in [-0.4, -0.2) is 184 Å². The van der Waals surface area contributed by atoms with E-state index in [-0.39, 0.29) is 23.6 Å². The lowest BCUT2D eigenvalue weighted by molar-refractivity contribution is -0.133. The largest absolute Gasteiger partial charge is 0.361 e. The molecule has 0 atom stereocenters. The lowest BCUT2D eigenvalue weighted by Crippen LogP contribution is -2.42. The number of hydrogen-bond acceptors (Lipinski definition) is 7. The molecule has 0 bridgehead atoms. The summed E-state index contributed by atoms with van der Waals surface area (Å²) in [6.45, 7) is 13.1. The lowest BCUT2D eigenvalue weighted by atomic mass is 9.89. The third kappa shape index (κ3) is 18.0. The van der Waals surface area contributed by atoms with Gasteiger partial charge in [0.05, 0.1) is 13.1 Å². The molecule has 5 aromatic heterocycles. The quantitative estimate of drug-likeness (QED) is 0.0700. The molecule has 6 aromatic carbocycles. The van der Waals surface area contributed by atoms with Crippen LogP contribution in [0.5, 0.6) is 0 Å². The first-order valence-electron chi connectivity index (χ1n) is 37.1. The molecule has 103 heavy (non-hydrogen) atoms. The minimum Gasteiger partial charge on any atom is -0.361 e. The number of benzene rings is 6. The highest BCUT2D eigenvalue weighted by Crippen LogP contribution is 2.38. The average molecular weight is 1410 g/mol. The maximum atomic E-state index is 12.5. The van der Waals surface area contributed by atoms with Crippen LogP contribution in [0.1, 0.15) is 146 Å². The van der Waals surface area contributed by atoms with Crippen LogP contribution in [0.25, 0.3) is 60.1 Å². The van der Waals surface area contributed by atoms with Gasteiger partial charge in [-0.05, 0) is 185 Å². The maximum absolute atomic E-state index is 12.5. The third-order valence-electron chi connectivity index (χ3n) is 21.5. The van der Waals surface area contributed by atoms with E-state index in [0.29, 0.717) is 55.6 Å². The van der Waals surface area contributed by atoms with Crippen molar-refractivity contribution in [3.8, 4) is 0 Å². The van der Waals surface area contributed by atoms with E-state index in [4.69, 9.17) is 11.6 Å². The summed E-state index contributed by atoms with van der Waals surface area (Å²) in [4.78, 5) is 88.2. The van der Waals surface area contributed by atoms with E-state index in [2.05, 4.69) is 165 Å². The van der Waals surface area contributed by atoms with Crippen molar-refractivity contribution in [1.29, 1.82) is 0 Å². The van der Waals surface area contributed by atoms with Crippen LogP contribution in [0.4, 0.5) is 0 Å². The second kappa shape index (κ2) is 35.0. The van der Waals surface area contributed by atoms with Gasteiger partial charge in [-0.1, -0.05) is 122 Å². The zero-order chi connectivity index (χ0) is 71.8. The molecule has 0 unspecified atom stereocenters. The van der Waals surface area contributed by atoms with Gasteiger partial charge in [0.15, 0.2) is 0 Å². The standard InChI is InChI=1S/C20H20N2O.C17H23N3O.C17H22N2O.C16H21N3O.C15H15ClN2O/c23-20(16-6-2-1-3-7-16)22-12-10-15(11-13-22)18-14-21-19-9-5-4-8-17(18)19;1-19(2)12-17(21)20-9-7-13(8-10-20)15-11-18-16-6-4-3-5-14(15)16;1-2-5-17(20)19-10-8-13(9-11-19)15-12-18-16-7-4-3-6-14(15)16;1-17-11-16(20)19-8-6-12(7-9-19)14-10-18-15-5-3-2-4-13(14)15;1-10(19)18-6-4-11(5-7-18)14-9-17-15-8-12(16)2-3-13(14)15/h1-9,14-15,21H,10-13H2;3-6,11,13,18H,7-10,12H2,1-2H3;3-4,6-7,12-13,18H,2,5,8-11H2,1H3;2-5,10,12,17-18H,6-9,11H2,1H3;2-4,8-9,17H,5-7H2,1H3. The highest BCUT2D eigenvalue weighted by molar-refractivity contribution is 6.31. The molecule has 0 saturated carbocycles.